The van der Waals surface area contributed by atoms with E-state index in [1.54, 1.807) is 7.11 Å². The van der Waals surface area contributed by atoms with Crippen molar-refractivity contribution in [2.75, 3.05) is 25.9 Å². The lowest BCUT2D eigenvalue weighted by molar-refractivity contribution is 0.281. The maximum absolute atomic E-state index is 5.76. The van der Waals surface area contributed by atoms with Crippen LogP contribution < -0.4 is 10.5 Å². The van der Waals surface area contributed by atoms with Crippen LogP contribution in [0.4, 0.5) is 5.69 Å². The summed E-state index contributed by atoms with van der Waals surface area (Å²) in [6.45, 7) is 2.59. The van der Waals surface area contributed by atoms with Crippen LogP contribution in [-0.2, 0) is 6.54 Å². The lowest BCUT2D eigenvalue weighted by Gasteiger charge is -2.21. The molecule has 3 nitrogen and oxygen atoms in total. The fourth-order valence-corrected chi connectivity index (χ4v) is 2.11. The molecule has 2 rings (SSSR count). The van der Waals surface area contributed by atoms with Crippen LogP contribution in [0.15, 0.2) is 18.2 Å². The summed E-state index contributed by atoms with van der Waals surface area (Å²) < 4.78 is 5.37. The van der Waals surface area contributed by atoms with E-state index in [2.05, 4.69) is 10.8 Å². The number of anilines is 1. The molecule has 3 heteroatoms. The fourth-order valence-electron chi connectivity index (χ4n) is 2.11. The molecule has 0 saturated heterocycles. The van der Waals surface area contributed by atoms with Crippen LogP contribution in [0.1, 0.15) is 18.4 Å². The van der Waals surface area contributed by atoms with E-state index in [1.807, 2.05) is 18.2 Å². The molecule has 0 bridgehead atoms. The van der Waals surface area contributed by atoms with E-state index in [0.29, 0.717) is 6.54 Å². The van der Waals surface area contributed by atoms with E-state index in [0.717, 1.165) is 36.0 Å². The Hall–Kier alpha value is -1.66. The number of nitrogen functional groups attached to an aromatic ring is 1. The van der Waals surface area contributed by atoms with E-state index in [9.17, 15) is 0 Å². The van der Waals surface area contributed by atoms with Gasteiger partial charge in [-0.1, -0.05) is 12.0 Å². The molecular weight excluding hydrogens is 224 g/mol. The van der Waals surface area contributed by atoms with Crippen molar-refractivity contribution in [3.05, 3.63) is 23.8 Å². The summed E-state index contributed by atoms with van der Waals surface area (Å²) in [6, 6.07) is 5.79. The second-order valence-electron chi connectivity index (χ2n) is 4.89. The predicted molar refractivity (Wildman–Crippen MR) is 74.2 cm³/mol. The molecule has 0 aliphatic heterocycles. The molecule has 2 N–H and O–H groups in total. The third kappa shape index (κ3) is 3.41. The van der Waals surface area contributed by atoms with E-state index in [-0.39, 0.29) is 0 Å². The van der Waals surface area contributed by atoms with Gasteiger partial charge in [-0.2, -0.15) is 0 Å². The Morgan fingerprint density at radius 2 is 2.28 bits per heavy atom. The molecule has 1 saturated carbocycles. The average Bonchev–Trinajstić information content (AvgIpc) is 3.15. The van der Waals surface area contributed by atoms with Crippen LogP contribution in [-0.4, -0.2) is 25.1 Å². The second-order valence-corrected chi connectivity index (χ2v) is 4.89. The molecule has 0 aromatic heterocycles. The molecule has 0 spiro atoms. The Morgan fingerprint density at radius 1 is 1.50 bits per heavy atom. The maximum atomic E-state index is 5.76. The number of terminal acetylenes is 1. The van der Waals surface area contributed by atoms with Gasteiger partial charge in [0.25, 0.3) is 0 Å². The normalized spacial score (nSPS) is 14.5. The third-order valence-corrected chi connectivity index (χ3v) is 3.23. The summed E-state index contributed by atoms with van der Waals surface area (Å²) >= 11 is 0. The van der Waals surface area contributed by atoms with Crippen LogP contribution in [0.2, 0.25) is 0 Å². The van der Waals surface area contributed by atoms with Gasteiger partial charge in [-0.3, -0.25) is 4.90 Å². The van der Waals surface area contributed by atoms with Crippen molar-refractivity contribution in [1.82, 2.24) is 4.90 Å². The summed E-state index contributed by atoms with van der Waals surface area (Å²) in [5.41, 5.74) is 7.62. The van der Waals surface area contributed by atoms with Crippen LogP contribution >= 0.6 is 0 Å². The maximum Gasteiger partial charge on any atom is 0.125 e. The minimum Gasteiger partial charge on any atom is -0.496 e. The van der Waals surface area contributed by atoms with Gasteiger partial charge >= 0.3 is 0 Å². The summed E-state index contributed by atoms with van der Waals surface area (Å²) in [6.07, 6.45) is 8.10. The molecule has 1 aliphatic rings. The molecule has 18 heavy (non-hydrogen) atoms. The predicted octanol–water partition coefficient (Wildman–Crippen LogP) is 2.12. The first-order valence-corrected chi connectivity index (χ1v) is 6.31. The zero-order valence-electron chi connectivity index (χ0n) is 10.9. The topological polar surface area (TPSA) is 38.5 Å². The fraction of sp³-hybridized carbons (Fsp3) is 0.467. The van der Waals surface area contributed by atoms with Gasteiger partial charge in [0, 0.05) is 30.4 Å². The van der Waals surface area contributed by atoms with E-state index < -0.39 is 0 Å². The summed E-state index contributed by atoms with van der Waals surface area (Å²) in [4.78, 5) is 2.30. The molecule has 0 heterocycles. The number of hydrogen-bond donors (Lipinski definition) is 1. The number of benzene rings is 1. The van der Waals surface area contributed by atoms with Gasteiger partial charge in [0.1, 0.15) is 5.75 Å². The van der Waals surface area contributed by atoms with Gasteiger partial charge in [0.15, 0.2) is 0 Å². The van der Waals surface area contributed by atoms with Crippen molar-refractivity contribution in [2.45, 2.75) is 19.4 Å². The summed E-state index contributed by atoms with van der Waals surface area (Å²) in [5, 5.41) is 0. The number of rotatable bonds is 6. The van der Waals surface area contributed by atoms with Crippen molar-refractivity contribution in [2.24, 2.45) is 5.92 Å². The minimum atomic E-state index is 0.685. The van der Waals surface area contributed by atoms with Gasteiger partial charge in [-0.05, 0) is 24.8 Å². The minimum absolute atomic E-state index is 0.685. The van der Waals surface area contributed by atoms with Crippen molar-refractivity contribution in [3.63, 3.8) is 0 Å². The molecule has 1 fully saturated rings. The quantitative estimate of drug-likeness (QED) is 0.615. The number of ether oxygens (including phenoxy) is 1. The molecule has 0 unspecified atom stereocenters. The molecule has 96 valence electrons. The Morgan fingerprint density at radius 3 is 2.89 bits per heavy atom. The molecule has 1 aromatic rings. The number of hydrogen-bond acceptors (Lipinski definition) is 3. The zero-order valence-corrected chi connectivity index (χ0v) is 10.9. The van der Waals surface area contributed by atoms with Gasteiger partial charge in [0.05, 0.1) is 13.7 Å². The van der Waals surface area contributed by atoms with Crippen molar-refractivity contribution in [3.8, 4) is 18.1 Å². The Bertz CT molecular complexity index is 446. The highest BCUT2D eigenvalue weighted by Gasteiger charge is 2.24. The van der Waals surface area contributed by atoms with E-state index >= 15 is 0 Å². The van der Waals surface area contributed by atoms with Gasteiger partial charge in [-0.25, -0.2) is 0 Å². The molecule has 0 atom stereocenters. The second kappa shape index (κ2) is 5.79. The highest BCUT2D eigenvalue weighted by atomic mass is 16.5. The van der Waals surface area contributed by atoms with Crippen molar-refractivity contribution < 1.29 is 4.74 Å². The van der Waals surface area contributed by atoms with E-state index in [4.69, 9.17) is 16.9 Å². The van der Waals surface area contributed by atoms with Crippen LogP contribution in [0.25, 0.3) is 0 Å². The highest BCUT2D eigenvalue weighted by molar-refractivity contribution is 5.48. The largest absolute Gasteiger partial charge is 0.496 e. The lowest BCUT2D eigenvalue weighted by Crippen LogP contribution is -2.26. The molecule has 1 aliphatic carbocycles. The van der Waals surface area contributed by atoms with Gasteiger partial charge < -0.3 is 10.5 Å². The Kier molecular flexibility index (Phi) is 4.11. The first-order chi connectivity index (χ1) is 8.72. The number of nitrogens with zero attached hydrogens (tertiary/aromatic N) is 1. The SMILES string of the molecule is C#CCN(Cc1ccc(N)cc1OC)CC1CC1. The Labute approximate surface area is 109 Å². The van der Waals surface area contributed by atoms with Crippen LogP contribution in [0.5, 0.6) is 5.75 Å². The summed E-state index contributed by atoms with van der Waals surface area (Å²) in [7, 11) is 1.67. The number of methoxy groups -OCH3 is 1. The van der Waals surface area contributed by atoms with E-state index in [1.165, 1.54) is 12.8 Å². The van der Waals surface area contributed by atoms with Crippen molar-refractivity contribution >= 4 is 5.69 Å². The van der Waals surface area contributed by atoms with Gasteiger partial charge in [-0.15, -0.1) is 6.42 Å². The molecule has 0 amide bonds. The first-order valence-electron chi connectivity index (χ1n) is 6.31. The summed E-state index contributed by atoms with van der Waals surface area (Å²) in [5.74, 6) is 4.40. The molecular formula is C15H20N2O. The third-order valence-electron chi connectivity index (χ3n) is 3.23. The Balaban J connectivity index is 2.07. The standard InChI is InChI=1S/C15H20N2O/c1-3-8-17(10-12-4-5-12)11-13-6-7-14(16)9-15(13)18-2/h1,6-7,9,12H,4-5,8,10-11,16H2,2H3. The zero-order chi connectivity index (χ0) is 13.0. The van der Waals surface area contributed by atoms with Crippen LogP contribution in [0.3, 0.4) is 0 Å². The van der Waals surface area contributed by atoms with Crippen molar-refractivity contribution in [1.29, 1.82) is 0 Å². The first kappa shape index (κ1) is 12.8. The molecule has 1 aromatic carbocycles. The number of nitrogens with two attached hydrogens (primary N) is 1. The lowest BCUT2D eigenvalue weighted by atomic mass is 10.1. The van der Waals surface area contributed by atoms with Crippen LogP contribution in [0, 0.1) is 18.3 Å². The average molecular weight is 244 g/mol. The molecule has 0 radical (unpaired) electrons. The van der Waals surface area contributed by atoms with Gasteiger partial charge in [0.2, 0.25) is 0 Å². The highest BCUT2D eigenvalue weighted by Crippen LogP contribution is 2.31. The monoisotopic (exact) mass is 244 g/mol. The smallest absolute Gasteiger partial charge is 0.125 e.